The molecule has 1 heterocycles. The lowest BCUT2D eigenvalue weighted by molar-refractivity contribution is 0.168. The van der Waals surface area contributed by atoms with Crippen molar-refractivity contribution < 1.29 is 0 Å². The molecule has 2 nitrogen and oxygen atoms in total. The van der Waals surface area contributed by atoms with Gasteiger partial charge in [0.15, 0.2) is 0 Å². The normalized spacial score (nSPS) is 22.2. The molecular formula is C12H24N2. The van der Waals surface area contributed by atoms with Crippen molar-refractivity contribution in [3.05, 3.63) is 0 Å². The number of nitrogens with one attached hydrogen (secondary N) is 1. The van der Waals surface area contributed by atoms with Crippen LogP contribution in [0.15, 0.2) is 0 Å². The second-order valence-corrected chi connectivity index (χ2v) is 6.29. The van der Waals surface area contributed by atoms with E-state index in [4.69, 9.17) is 5.41 Å². The molecule has 0 atom stereocenters. The topological polar surface area (TPSA) is 27.1 Å². The minimum Gasteiger partial charge on any atom is -0.360 e. The van der Waals surface area contributed by atoms with E-state index in [1.807, 2.05) is 0 Å². The van der Waals surface area contributed by atoms with Crippen LogP contribution in [0.5, 0.6) is 0 Å². The second kappa shape index (κ2) is 3.56. The highest BCUT2D eigenvalue weighted by Crippen LogP contribution is 2.30. The van der Waals surface area contributed by atoms with Crippen LogP contribution < -0.4 is 0 Å². The highest BCUT2D eigenvalue weighted by Gasteiger charge is 2.31. The van der Waals surface area contributed by atoms with Crippen molar-refractivity contribution in [2.24, 2.45) is 10.8 Å². The Hall–Kier alpha value is -0.530. The first-order chi connectivity index (χ1) is 6.22. The maximum Gasteiger partial charge on any atom is 0.101 e. The Morgan fingerprint density at radius 1 is 1.29 bits per heavy atom. The summed E-state index contributed by atoms with van der Waals surface area (Å²) in [5, 5.41) is 8.14. The Balaban J connectivity index is 2.66. The van der Waals surface area contributed by atoms with Crippen LogP contribution in [0, 0.1) is 16.2 Å². The van der Waals surface area contributed by atoms with Crippen molar-refractivity contribution in [1.29, 1.82) is 5.41 Å². The molecule has 0 unspecified atom stereocenters. The summed E-state index contributed by atoms with van der Waals surface area (Å²) in [5.41, 5.74) is 0.378. The number of amidine groups is 1. The molecule has 0 radical (unpaired) electrons. The lowest BCUT2D eigenvalue weighted by atomic mass is 9.82. The van der Waals surface area contributed by atoms with E-state index >= 15 is 0 Å². The fraction of sp³-hybridized carbons (Fsp3) is 0.917. The van der Waals surface area contributed by atoms with Crippen molar-refractivity contribution in [2.75, 3.05) is 13.1 Å². The van der Waals surface area contributed by atoms with Crippen LogP contribution in [0.25, 0.3) is 0 Å². The highest BCUT2D eigenvalue weighted by atomic mass is 15.2. The van der Waals surface area contributed by atoms with Gasteiger partial charge in [-0.2, -0.15) is 0 Å². The fourth-order valence-corrected chi connectivity index (χ4v) is 2.09. The summed E-state index contributed by atoms with van der Waals surface area (Å²) < 4.78 is 0. The third-order valence-electron chi connectivity index (χ3n) is 2.93. The van der Waals surface area contributed by atoms with E-state index < -0.39 is 0 Å². The summed E-state index contributed by atoms with van der Waals surface area (Å²) in [5.74, 6) is 0.797. The summed E-state index contributed by atoms with van der Waals surface area (Å²) in [4.78, 5) is 2.25. The van der Waals surface area contributed by atoms with Crippen LogP contribution in [0.3, 0.4) is 0 Å². The molecule has 14 heavy (non-hydrogen) atoms. The standard InChI is InChI=1S/C12H24N2/c1-11(2,3)10(13)14-8-6-7-12(4,5)9-14/h13H,6-9H2,1-5H3. The first-order valence-electron chi connectivity index (χ1n) is 5.56. The maximum atomic E-state index is 8.14. The molecule has 0 aromatic carbocycles. The molecule has 0 spiro atoms. The summed E-state index contributed by atoms with van der Waals surface area (Å²) >= 11 is 0. The van der Waals surface area contributed by atoms with Gasteiger partial charge in [0, 0.05) is 18.5 Å². The molecule has 1 rings (SSSR count). The average Bonchev–Trinajstić information content (AvgIpc) is 1.99. The highest BCUT2D eigenvalue weighted by molar-refractivity contribution is 5.84. The number of hydrogen-bond donors (Lipinski definition) is 1. The molecule has 1 saturated heterocycles. The van der Waals surface area contributed by atoms with Gasteiger partial charge in [-0.3, -0.25) is 5.41 Å². The number of hydrogen-bond acceptors (Lipinski definition) is 1. The molecule has 0 aromatic rings. The zero-order valence-electron chi connectivity index (χ0n) is 10.3. The lowest BCUT2D eigenvalue weighted by Gasteiger charge is -2.42. The van der Waals surface area contributed by atoms with Gasteiger partial charge in [0.2, 0.25) is 0 Å². The SMILES string of the molecule is CC1(C)CCCN(C(=N)C(C)(C)C)C1. The Morgan fingerprint density at radius 2 is 1.86 bits per heavy atom. The van der Waals surface area contributed by atoms with Gasteiger partial charge in [-0.05, 0) is 18.3 Å². The average molecular weight is 196 g/mol. The minimum atomic E-state index is -0.00653. The molecule has 0 aromatic heterocycles. The van der Waals surface area contributed by atoms with E-state index in [1.54, 1.807) is 0 Å². The molecule has 1 aliphatic rings. The van der Waals surface area contributed by atoms with E-state index in [2.05, 4.69) is 39.5 Å². The van der Waals surface area contributed by atoms with Crippen molar-refractivity contribution >= 4 is 5.84 Å². The molecule has 2 heteroatoms. The Morgan fingerprint density at radius 3 is 2.29 bits per heavy atom. The van der Waals surface area contributed by atoms with E-state index in [-0.39, 0.29) is 5.41 Å². The molecule has 82 valence electrons. The van der Waals surface area contributed by atoms with Crippen molar-refractivity contribution in [2.45, 2.75) is 47.5 Å². The Bertz CT molecular complexity index is 223. The first-order valence-corrected chi connectivity index (χ1v) is 5.56. The summed E-state index contributed by atoms with van der Waals surface area (Å²) in [6, 6.07) is 0. The molecule has 0 aliphatic carbocycles. The molecule has 0 saturated carbocycles. The molecule has 0 bridgehead atoms. The maximum absolute atomic E-state index is 8.14. The Kier molecular flexibility index (Phi) is 2.93. The van der Waals surface area contributed by atoms with Gasteiger partial charge in [-0.1, -0.05) is 34.6 Å². The third-order valence-corrected chi connectivity index (χ3v) is 2.93. The minimum absolute atomic E-state index is 0.00653. The third kappa shape index (κ3) is 2.73. The number of rotatable bonds is 0. The summed E-state index contributed by atoms with van der Waals surface area (Å²) in [6.45, 7) is 13.1. The van der Waals surface area contributed by atoms with Crippen LogP contribution >= 0.6 is 0 Å². The predicted octanol–water partition coefficient (Wildman–Crippen LogP) is 3.13. The van der Waals surface area contributed by atoms with E-state index in [1.165, 1.54) is 12.8 Å². The Labute approximate surface area is 88.2 Å². The van der Waals surface area contributed by atoms with E-state index in [0.29, 0.717) is 5.41 Å². The van der Waals surface area contributed by atoms with Gasteiger partial charge in [0.05, 0.1) is 0 Å². The quantitative estimate of drug-likeness (QED) is 0.468. The van der Waals surface area contributed by atoms with Crippen molar-refractivity contribution in [3.63, 3.8) is 0 Å². The van der Waals surface area contributed by atoms with Gasteiger partial charge < -0.3 is 4.90 Å². The number of likely N-dealkylation sites (tertiary alicyclic amines) is 1. The molecule has 0 amide bonds. The van der Waals surface area contributed by atoms with Gasteiger partial charge >= 0.3 is 0 Å². The first kappa shape index (κ1) is 11.5. The zero-order chi connectivity index (χ0) is 11.0. The van der Waals surface area contributed by atoms with E-state index in [0.717, 1.165) is 18.9 Å². The largest absolute Gasteiger partial charge is 0.360 e. The van der Waals surface area contributed by atoms with Gasteiger partial charge in [0.25, 0.3) is 0 Å². The van der Waals surface area contributed by atoms with Gasteiger partial charge in [0.1, 0.15) is 5.84 Å². The second-order valence-electron chi connectivity index (χ2n) is 6.29. The van der Waals surface area contributed by atoms with E-state index in [9.17, 15) is 0 Å². The summed E-state index contributed by atoms with van der Waals surface area (Å²) in [6.07, 6.45) is 2.52. The monoisotopic (exact) mass is 196 g/mol. The van der Waals surface area contributed by atoms with Crippen LogP contribution in [-0.2, 0) is 0 Å². The number of piperidine rings is 1. The lowest BCUT2D eigenvalue weighted by Crippen LogP contribution is -2.47. The van der Waals surface area contributed by atoms with Crippen LogP contribution in [0.4, 0.5) is 0 Å². The smallest absolute Gasteiger partial charge is 0.101 e. The van der Waals surface area contributed by atoms with Gasteiger partial charge in [-0.25, -0.2) is 0 Å². The van der Waals surface area contributed by atoms with Crippen LogP contribution in [0.2, 0.25) is 0 Å². The number of nitrogens with zero attached hydrogens (tertiary/aromatic N) is 1. The van der Waals surface area contributed by atoms with Gasteiger partial charge in [-0.15, -0.1) is 0 Å². The van der Waals surface area contributed by atoms with Crippen LogP contribution in [-0.4, -0.2) is 23.8 Å². The fourth-order valence-electron chi connectivity index (χ4n) is 2.09. The van der Waals surface area contributed by atoms with Crippen molar-refractivity contribution in [1.82, 2.24) is 4.90 Å². The van der Waals surface area contributed by atoms with Crippen molar-refractivity contribution in [3.8, 4) is 0 Å². The van der Waals surface area contributed by atoms with Crippen LogP contribution in [0.1, 0.15) is 47.5 Å². The predicted molar refractivity (Wildman–Crippen MR) is 61.8 cm³/mol. The molecule has 1 fully saturated rings. The molecule has 1 aliphatic heterocycles. The molecular weight excluding hydrogens is 172 g/mol. The molecule has 1 N–H and O–H groups in total. The summed E-state index contributed by atoms with van der Waals surface area (Å²) in [7, 11) is 0. The zero-order valence-corrected chi connectivity index (χ0v) is 10.3.